The zero-order valence-corrected chi connectivity index (χ0v) is 31.1. The average molecular weight is 891 g/mol. The van der Waals surface area contributed by atoms with Crippen LogP contribution in [-0.2, 0) is 72.8 Å². The molecule has 12 rings (SSSR count). The Morgan fingerprint density at radius 1 is 0.556 bits per heavy atom. The van der Waals surface area contributed by atoms with Crippen molar-refractivity contribution in [2.75, 3.05) is 0 Å². The molecule has 4 aromatic carbocycles. The number of oxazole rings is 2. The second kappa shape index (κ2) is 14.1. The van der Waals surface area contributed by atoms with Crippen molar-refractivity contribution in [1.82, 2.24) is 9.97 Å². The van der Waals surface area contributed by atoms with E-state index in [0.29, 0.717) is 24.6 Å². The molecule has 0 spiro atoms. The van der Waals surface area contributed by atoms with Gasteiger partial charge >= 0.3 is 24.8 Å². The van der Waals surface area contributed by atoms with Crippen molar-refractivity contribution in [3.05, 3.63) is 154 Å². The summed E-state index contributed by atoms with van der Waals surface area (Å²) < 4.78 is 41.2. The zero-order chi connectivity index (χ0) is 35.5. The number of nitrogens with zero attached hydrogens (tertiary/aromatic N) is 4. The molecule has 2 aromatic heterocycles. The van der Waals surface area contributed by atoms with Gasteiger partial charge in [-0.1, -0.05) is 104 Å². The molecule has 6 aliphatic rings. The van der Waals surface area contributed by atoms with E-state index in [-0.39, 0.29) is 31.7 Å². The molecule has 4 atom stereocenters. The summed E-state index contributed by atoms with van der Waals surface area (Å²) in [6.45, 7) is 0. The van der Waals surface area contributed by atoms with Crippen LogP contribution in [0.3, 0.4) is 0 Å². The number of aliphatic imine (C=N–C) groups is 2. The van der Waals surface area contributed by atoms with Gasteiger partial charge in [-0.05, 0) is 33.4 Å². The van der Waals surface area contributed by atoms with Crippen LogP contribution in [0.4, 0.5) is 0 Å². The molecule has 0 saturated heterocycles. The van der Waals surface area contributed by atoms with Crippen LogP contribution in [0.15, 0.2) is 116 Å². The standard InChI is InChI=1S/2C21H16N2O2.CH4.2O.Re/c2*1-3-7-14-12(5-1)9-16-20(14)22-18(24-16)11-19-23-21-15-8-4-2-6-13(15)10-17(21)25-19;;;;/h2*1-8,16,20H,9-11H2;1H4;;;/t2*16-,20+;;;;/m00..../s1. The van der Waals surface area contributed by atoms with E-state index in [1.165, 1.54) is 44.5 Å². The van der Waals surface area contributed by atoms with Crippen LogP contribution in [0.5, 0.6) is 0 Å². The van der Waals surface area contributed by atoms with Gasteiger partial charge in [-0.15, -0.1) is 0 Å². The van der Waals surface area contributed by atoms with Gasteiger partial charge in [0.1, 0.15) is 60.0 Å². The summed E-state index contributed by atoms with van der Waals surface area (Å²) in [6.07, 6.45) is 4.85. The first-order valence-electron chi connectivity index (χ1n) is 17.8. The molecule has 0 bridgehead atoms. The number of aromatic nitrogens is 2. The molecule has 6 aromatic rings. The van der Waals surface area contributed by atoms with Gasteiger partial charge in [-0.25, -0.2) is 20.0 Å². The minimum atomic E-state index is -2.17. The first-order chi connectivity index (χ1) is 26.1. The van der Waals surface area contributed by atoms with Gasteiger partial charge in [-0.2, -0.15) is 0 Å². The molecule has 0 fully saturated rings. The van der Waals surface area contributed by atoms with Crippen LogP contribution in [0.2, 0.25) is 0 Å². The Kier molecular flexibility index (Phi) is 8.92. The number of fused-ring (bicyclic) bond motifs is 12. The van der Waals surface area contributed by atoms with Crippen LogP contribution in [0, 0.1) is 0 Å². The first kappa shape index (κ1) is 34.3. The molecule has 0 N–H and O–H groups in total. The van der Waals surface area contributed by atoms with E-state index in [4.69, 9.17) is 45.2 Å². The second-order valence-electron chi connectivity index (χ2n) is 13.9. The molecule has 54 heavy (non-hydrogen) atoms. The maximum atomic E-state index is 8.53. The smallest absolute Gasteiger partial charge is 0.204 e. The normalized spacial score (nSPS) is 20.6. The van der Waals surface area contributed by atoms with E-state index < -0.39 is 17.9 Å². The third-order valence-corrected chi connectivity index (χ3v) is 10.8. The van der Waals surface area contributed by atoms with Crippen molar-refractivity contribution >= 4 is 11.8 Å². The van der Waals surface area contributed by atoms with Crippen LogP contribution >= 0.6 is 0 Å². The summed E-state index contributed by atoms with van der Waals surface area (Å²) in [5.41, 5.74) is 12.2. The van der Waals surface area contributed by atoms with Crippen molar-refractivity contribution < 1.29 is 43.1 Å². The summed E-state index contributed by atoms with van der Waals surface area (Å²) in [5.74, 6) is 4.81. The average Bonchev–Trinajstić information content (AvgIpc) is 4.02. The molecule has 0 unspecified atom stereocenters. The predicted molar refractivity (Wildman–Crippen MR) is 195 cm³/mol. The summed E-state index contributed by atoms with van der Waals surface area (Å²) >= 11 is -2.17. The van der Waals surface area contributed by atoms with Gasteiger partial charge in [0.15, 0.2) is 11.8 Å². The van der Waals surface area contributed by atoms with Gasteiger partial charge in [-0.3, -0.25) is 0 Å². The Morgan fingerprint density at radius 3 is 1.39 bits per heavy atom. The van der Waals surface area contributed by atoms with E-state index in [2.05, 4.69) is 84.9 Å². The Morgan fingerprint density at radius 2 is 0.944 bits per heavy atom. The summed E-state index contributed by atoms with van der Waals surface area (Å²) in [5, 5.41) is 0. The fraction of sp³-hybridized carbons (Fsp3) is 0.256. The predicted octanol–water partition coefficient (Wildman–Crippen LogP) is 8.16. The molecule has 0 saturated carbocycles. The van der Waals surface area contributed by atoms with Crippen molar-refractivity contribution in [3.63, 3.8) is 0 Å². The maximum absolute atomic E-state index is 8.53. The molecule has 10 nitrogen and oxygen atoms in total. The van der Waals surface area contributed by atoms with Crippen molar-refractivity contribution in [3.8, 4) is 22.5 Å². The summed E-state index contributed by atoms with van der Waals surface area (Å²) in [7, 11) is 0. The molecule has 4 heterocycles. The molecule has 271 valence electrons. The van der Waals surface area contributed by atoms with Crippen molar-refractivity contribution in [1.29, 1.82) is 0 Å². The van der Waals surface area contributed by atoms with E-state index in [9.17, 15) is 0 Å². The number of hydrogen-bond acceptors (Lipinski definition) is 10. The third kappa shape index (κ3) is 6.02. The molecule has 0 radical (unpaired) electrons. The molecule has 2 aliphatic heterocycles. The first-order valence-corrected chi connectivity index (χ1v) is 20.0. The molecule has 4 aliphatic carbocycles. The topological polar surface area (TPSA) is 129 Å². The third-order valence-electron chi connectivity index (χ3n) is 10.8. The van der Waals surface area contributed by atoms with E-state index in [0.717, 1.165) is 60.4 Å². The van der Waals surface area contributed by atoms with Crippen molar-refractivity contribution in [2.24, 2.45) is 9.98 Å². The van der Waals surface area contributed by atoms with E-state index in [1.807, 2.05) is 12.1 Å². The molecular formula is C43H36N4O6Re. The summed E-state index contributed by atoms with van der Waals surface area (Å²) in [6, 6.07) is 33.9. The monoisotopic (exact) mass is 891 g/mol. The second-order valence-corrected chi connectivity index (χ2v) is 14.3. The molecule has 0 amide bonds. The minimum Gasteiger partial charge on any atom is -0.474 e. The fourth-order valence-electron chi connectivity index (χ4n) is 8.52. The summed E-state index contributed by atoms with van der Waals surface area (Å²) in [4.78, 5) is 19.0. The van der Waals surface area contributed by atoms with Crippen LogP contribution in [0.1, 0.15) is 76.2 Å². The SMILES string of the molecule is C.[O]=[Re]=[O].c1ccc2c(c1)Cc1oc(CC3=N[C@@H]4c5ccccc5C[C@@H]4O3)nc1-2.c1ccc2c(c1)Cc1oc(CC3=N[C@@H]4c5ccccc5C[C@@H]4O3)nc1-2. The van der Waals surface area contributed by atoms with Gasteiger partial charge in [0.05, 0.1) is 0 Å². The Labute approximate surface area is 320 Å². The Bertz CT molecular complexity index is 2350. The number of benzene rings is 4. The largest absolute Gasteiger partial charge is 0.474 e. The minimum absolute atomic E-state index is 0. The number of ether oxygens (including phenoxy) is 2. The van der Waals surface area contributed by atoms with Gasteiger partial charge in [0.25, 0.3) is 0 Å². The van der Waals surface area contributed by atoms with Gasteiger partial charge in [0, 0.05) is 36.8 Å². The fourth-order valence-corrected chi connectivity index (χ4v) is 8.52. The Hall–Kier alpha value is -5.50. The zero-order valence-electron chi connectivity index (χ0n) is 28.4. The molecule has 11 heteroatoms. The van der Waals surface area contributed by atoms with Crippen LogP contribution < -0.4 is 0 Å². The number of hydrogen-bond donors (Lipinski definition) is 0. The number of rotatable bonds is 4. The molecular weight excluding hydrogens is 855 g/mol. The van der Waals surface area contributed by atoms with Crippen LogP contribution in [-0.4, -0.2) is 34.0 Å². The maximum Gasteiger partial charge on any atom is 0.204 e. The Balaban J connectivity index is 0.000000131. The van der Waals surface area contributed by atoms with E-state index >= 15 is 0 Å². The van der Waals surface area contributed by atoms with Gasteiger partial charge in [0.2, 0.25) is 11.8 Å². The van der Waals surface area contributed by atoms with E-state index in [1.54, 1.807) is 0 Å². The quantitative estimate of drug-likeness (QED) is 0.173. The van der Waals surface area contributed by atoms with Crippen molar-refractivity contribution in [2.45, 2.75) is 70.2 Å². The van der Waals surface area contributed by atoms with Gasteiger partial charge < -0.3 is 18.3 Å². The van der Waals surface area contributed by atoms with Crippen LogP contribution in [0.25, 0.3) is 22.5 Å².